The first kappa shape index (κ1) is 30.5. The van der Waals surface area contributed by atoms with Gasteiger partial charge in [-0.1, -0.05) is 65.8 Å². The number of alkyl halides is 2. The Balaban J connectivity index is 0.000000211. The molecular weight excluding hydrogens is 515 g/mol. The molecule has 0 saturated heterocycles. The monoisotopic (exact) mass is 558 g/mol. The Morgan fingerprint density at radius 3 is 1.37 bits per heavy atom. The van der Waals surface area contributed by atoms with Crippen molar-refractivity contribution in [2.24, 2.45) is 0 Å². The number of anilines is 2. The quantitative estimate of drug-likeness (QED) is 0.321. The van der Waals surface area contributed by atoms with E-state index in [4.69, 9.17) is 23.2 Å². The lowest BCUT2D eigenvalue weighted by Crippen LogP contribution is -2.33. The molecule has 2 aromatic carbocycles. The third-order valence-corrected chi connectivity index (χ3v) is 8.25. The highest BCUT2D eigenvalue weighted by Gasteiger charge is 2.34. The van der Waals surface area contributed by atoms with Gasteiger partial charge in [0.2, 0.25) is 11.8 Å². The Morgan fingerprint density at radius 2 is 1.05 bits per heavy atom. The third-order valence-electron chi connectivity index (χ3n) is 7.71. The summed E-state index contributed by atoms with van der Waals surface area (Å²) in [6.07, 6.45) is 7.00. The van der Waals surface area contributed by atoms with Crippen LogP contribution < -0.4 is 10.6 Å². The molecule has 0 bridgehead atoms. The van der Waals surface area contributed by atoms with Crippen LogP contribution >= 0.6 is 23.2 Å². The molecule has 2 N–H and O–H groups in total. The number of fused-ring (bicyclic) bond motifs is 2. The Labute approximate surface area is 239 Å². The fourth-order valence-electron chi connectivity index (χ4n) is 5.65. The van der Waals surface area contributed by atoms with Crippen LogP contribution in [0, 0.1) is 0 Å². The van der Waals surface area contributed by atoms with Crippen LogP contribution in [0.25, 0.3) is 0 Å². The van der Waals surface area contributed by atoms with Crippen LogP contribution in [0.4, 0.5) is 11.4 Å². The van der Waals surface area contributed by atoms with Gasteiger partial charge in [0.15, 0.2) is 0 Å². The van der Waals surface area contributed by atoms with Crippen LogP contribution in [0.15, 0.2) is 24.3 Å². The summed E-state index contributed by atoms with van der Waals surface area (Å²) < 4.78 is 0. The molecule has 2 amide bonds. The van der Waals surface area contributed by atoms with E-state index in [2.05, 4.69) is 76.4 Å². The largest absolute Gasteiger partial charge is 0.326 e. The summed E-state index contributed by atoms with van der Waals surface area (Å²) >= 11 is 11.6. The average molecular weight is 560 g/mol. The van der Waals surface area contributed by atoms with Crippen LogP contribution in [-0.2, 0) is 46.1 Å². The second kappa shape index (κ2) is 12.9. The molecule has 2 aliphatic rings. The summed E-state index contributed by atoms with van der Waals surface area (Å²) in [5.41, 5.74) is 9.60. The SMILES string of the molecule is CCc1cc(CCCCl)cc2c1NC(=O)CC2(C)C.CCc1cc(CCCCl)cc2c1NC(=O)CC2(C)C. The van der Waals surface area contributed by atoms with Crippen molar-refractivity contribution in [3.63, 3.8) is 0 Å². The van der Waals surface area contributed by atoms with Gasteiger partial charge >= 0.3 is 0 Å². The zero-order chi connectivity index (χ0) is 28.1. The smallest absolute Gasteiger partial charge is 0.225 e. The van der Waals surface area contributed by atoms with E-state index in [0.717, 1.165) is 49.9 Å². The van der Waals surface area contributed by atoms with Crippen LogP contribution in [0.5, 0.6) is 0 Å². The standard InChI is InChI=1S/2C16H22ClNO/c2*1-4-12-8-11(6-5-7-17)9-13-15(12)18-14(19)10-16(13,2)3/h2*8-9H,4-7,10H2,1-3H3,(H,18,19). The number of hydrogen-bond acceptors (Lipinski definition) is 2. The average Bonchev–Trinajstić information content (AvgIpc) is 2.85. The van der Waals surface area contributed by atoms with Crippen molar-refractivity contribution in [1.29, 1.82) is 0 Å². The second-order valence-corrected chi connectivity index (χ2v) is 12.6. The van der Waals surface area contributed by atoms with Crippen LogP contribution in [0.1, 0.15) is 101 Å². The molecule has 208 valence electrons. The van der Waals surface area contributed by atoms with E-state index in [0.29, 0.717) is 24.6 Å². The molecule has 0 aliphatic carbocycles. The predicted octanol–water partition coefficient (Wildman–Crippen LogP) is 8.08. The van der Waals surface area contributed by atoms with E-state index < -0.39 is 0 Å². The third kappa shape index (κ3) is 7.12. The predicted molar refractivity (Wildman–Crippen MR) is 162 cm³/mol. The van der Waals surface area contributed by atoms with Gasteiger partial charge in [0.25, 0.3) is 0 Å². The Kier molecular flexibility index (Phi) is 10.3. The highest BCUT2D eigenvalue weighted by atomic mass is 35.5. The molecule has 4 rings (SSSR count). The Bertz CT molecular complexity index is 1080. The Morgan fingerprint density at radius 1 is 0.684 bits per heavy atom. The van der Waals surface area contributed by atoms with Gasteiger partial charge in [-0.05, 0) is 71.9 Å². The number of carbonyl (C=O) groups excluding carboxylic acids is 2. The summed E-state index contributed by atoms with van der Waals surface area (Å²) in [5, 5.41) is 6.11. The van der Waals surface area contributed by atoms with Gasteiger partial charge in [-0.3, -0.25) is 9.59 Å². The van der Waals surface area contributed by atoms with E-state index in [1.54, 1.807) is 0 Å². The minimum absolute atomic E-state index is 0.0848. The molecule has 0 fully saturated rings. The number of amides is 2. The molecule has 6 heteroatoms. The van der Waals surface area contributed by atoms with Crippen LogP contribution in [0.3, 0.4) is 0 Å². The first-order valence-corrected chi connectivity index (χ1v) is 15.1. The lowest BCUT2D eigenvalue weighted by Gasteiger charge is -2.34. The maximum atomic E-state index is 11.8. The molecule has 0 atom stereocenters. The summed E-state index contributed by atoms with van der Waals surface area (Å²) in [4.78, 5) is 23.7. The number of aryl methyl sites for hydroxylation is 4. The lowest BCUT2D eigenvalue weighted by atomic mass is 9.76. The van der Waals surface area contributed by atoms with E-state index in [-0.39, 0.29) is 22.6 Å². The number of carbonyl (C=O) groups is 2. The molecule has 0 unspecified atom stereocenters. The van der Waals surface area contributed by atoms with E-state index in [9.17, 15) is 9.59 Å². The number of rotatable bonds is 8. The number of hydrogen-bond donors (Lipinski definition) is 2. The zero-order valence-electron chi connectivity index (χ0n) is 24.0. The summed E-state index contributed by atoms with van der Waals surface area (Å²) in [5.74, 6) is 1.64. The fourth-order valence-corrected chi connectivity index (χ4v) is 5.92. The summed E-state index contributed by atoms with van der Waals surface area (Å²) in [6, 6.07) is 8.93. The topological polar surface area (TPSA) is 58.2 Å². The first-order chi connectivity index (χ1) is 17.9. The van der Waals surface area contributed by atoms with Crippen LogP contribution in [-0.4, -0.2) is 23.6 Å². The molecule has 0 radical (unpaired) electrons. The molecule has 2 aromatic rings. The second-order valence-electron chi connectivity index (χ2n) is 11.9. The molecule has 2 heterocycles. The molecule has 38 heavy (non-hydrogen) atoms. The minimum atomic E-state index is -0.0848. The molecule has 2 aliphatic heterocycles. The highest BCUT2D eigenvalue weighted by molar-refractivity contribution is 6.18. The van der Waals surface area contributed by atoms with E-state index in [1.807, 2.05) is 0 Å². The minimum Gasteiger partial charge on any atom is -0.326 e. The lowest BCUT2D eigenvalue weighted by molar-refractivity contribution is -0.118. The maximum Gasteiger partial charge on any atom is 0.225 e. The Hall–Kier alpha value is -2.04. The van der Waals surface area contributed by atoms with E-state index in [1.165, 1.54) is 33.4 Å². The summed E-state index contributed by atoms with van der Waals surface area (Å²) in [7, 11) is 0. The molecular formula is C32H44Cl2N2O2. The van der Waals surface area contributed by atoms with Crippen molar-refractivity contribution in [2.45, 2.75) is 104 Å². The maximum absolute atomic E-state index is 11.8. The first-order valence-electron chi connectivity index (χ1n) is 14.0. The van der Waals surface area contributed by atoms with Gasteiger partial charge in [0.05, 0.1) is 0 Å². The number of halogens is 2. The highest BCUT2D eigenvalue weighted by Crippen LogP contribution is 2.41. The van der Waals surface area contributed by atoms with Gasteiger partial charge in [-0.15, -0.1) is 23.2 Å². The molecule has 0 spiro atoms. The van der Waals surface area contributed by atoms with Gasteiger partial charge in [0.1, 0.15) is 0 Å². The van der Waals surface area contributed by atoms with Crippen molar-refractivity contribution in [3.05, 3.63) is 57.6 Å². The van der Waals surface area contributed by atoms with Gasteiger partial charge in [-0.25, -0.2) is 0 Å². The van der Waals surface area contributed by atoms with Crippen molar-refractivity contribution < 1.29 is 9.59 Å². The van der Waals surface area contributed by atoms with Crippen molar-refractivity contribution in [3.8, 4) is 0 Å². The summed E-state index contributed by atoms with van der Waals surface area (Å²) in [6.45, 7) is 12.9. The van der Waals surface area contributed by atoms with Crippen molar-refractivity contribution in [2.75, 3.05) is 22.4 Å². The van der Waals surface area contributed by atoms with Gasteiger partial charge in [0, 0.05) is 46.8 Å². The van der Waals surface area contributed by atoms with Gasteiger partial charge < -0.3 is 10.6 Å². The van der Waals surface area contributed by atoms with Crippen molar-refractivity contribution in [1.82, 2.24) is 0 Å². The van der Waals surface area contributed by atoms with Crippen LogP contribution in [0.2, 0.25) is 0 Å². The molecule has 0 saturated carbocycles. The van der Waals surface area contributed by atoms with Crippen molar-refractivity contribution >= 4 is 46.4 Å². The van der Waals surface area contributed by atoms with Gasteiger partial charge in [-0.2, -0.15) is 0 Å². The molecule has 4 nitrogen and oxygen atoms in total. The normalized spacial score (nSPS) is 16.9. The number of benzene rings is 2. The molecule has 0 aromatic heterocycles. The zero-order valence-corrected chi connectivity index (χ0v) is 25.5. The number of nitrogens with one attached hydrogen (secondary N) is 2. The van der Waals surface area contributed by atoms with E-state index >= 15 is 0 Å². The fraction of sp³-hybridized carbons (Fsp3) is 0.562.